The number of hydrogen-bond acceptors (Lipinski definition) is 2. The van der Waals surface area contributed by atoms with Gasteiger partial charge in [-0.25, -0.2) is 0 Å². The Morgan fingerprint density at radius 2 is 1.35 bits per heavy atom. The van der Waals surface area contributed by atoms with Crippen molar-refractivity contribution in [1.82, 2.24) is 0 Å². The maximum atomic E-state index is 4.95. The second-order valence-corrected chi connectivity index (χ2v) is 3.92. The highest BCUT2D eigenvalue weighted by Crippen LogP contribution is 2.14. The molecule has 2 heteroatoms. The Labute approximate surface area is 108 Å². The van der Waals surface area contributed by atoms with Crippen molar-refractivity contribution in [3.8, 4) is 0 Å². The van der Waals surface area contributed by atoms with Crippen LogP contribution in [0, 0.1) is 0 Å². The second-order valence-electron chi connectivity index (χ2n) is 3.92. The maximum absolute atomic E-state index is 4.95. The average molecular weight is 242 g/mol. The predicted octanol–water partition coefficient (Wildman–Crippen LogP) is 4.37. The van der Waals surface area contributed by atoms with Gasteiger partial charge in [0.1, 0.15) is 0 Å². The van der Waals surface area contributed by atoms with Crippen LogP contribution in [0.25, 0.3) is 0 Å². The van der Waals surface area contributed by atoms with Gasteiger partial charge in [0, 0.05) is 0 Å². The molecule has 0 radical (unpaired) electrons. The van der Waals surface area contributed by atoms with Crippen LogP contribution < -0.4 is 0 Å². The SMILES string of the molecule is C=CC.C=CC.CCC1CO1.CCCC1CO1. The lowest BCUT2D eigenvalue weighted by Crippen LogP contribution is -1.78. The van der Waals surface area contributed by atoms with E-state index in [1.54, 1.807) is 12.2 Å². The zero-order valence-electron chi connectivity index (χ0n) is 12.1. The number of hydrogen-bond donors (Lipinski definition) is 0. The fourth-order valence-electron chi connectivity index (χ4n) is 0.860. The fraction of sp³-hybridized carbons (Fsp3) is 0.733. The van der Waals surface area contributed by atoms with Gasteiger partial charge in [0.15, 0.2) is 0 Å². The van der Waals surface area contributed by atoms with Crippen molar-refractivity contribution in [3.63, 3.8) is 0 Å². The van der Waals surface area contributed by atoms with E-state index < -0.39 is 0 Å². The van der Waals surface area contributed by atoms with Gasteiger partial charge in [-0.2, -0.15) is 0 Å². The van der Waals surface area contributed by atoms with Crippen LogP contribution in [0.3, 0.4) is 0 Å². The van der Waals surface area contributed by atoms with Crippen molar-refractivity contribution in [1.29, 1.82) is 0 Å². The molecule has 2 saturated heterocycles. The molecule has 0 aromatic rings. The molecule has 2 atom stereocenters. The highest BCUT2D eigenvalue weighted by molar-refractivity contribution is 4.66. The van der Waals surface area contributed by atoms with E-state index in [0.717, 1.165) is 13.2 Å². The first-order valence-electron chi connectivity index (χ1n) is 6.57. The normalized spacial score (nSPS) is 22.4. The van der Waals surface area contributed by atoms with Crippen molar-refractivity contribution in [2.45, 2.75) is 59.2 Å². The lowest BCUT2D eigenvalue weighted by molar-refractivity contribution is 0.395. The first-order valence-corrected chi connectivity index (χ1v) is 6.57. The summed E-state index contributed by atoms with van der Waals surface area (Å²) < 4.78 is 9.81. The molecule has 2 aliphatic heterocycles. The zero-order chi connectivity index (χ0) is 13.5. The smallest absolute Gasteiger partial charge is 0.0809 e. The molecule has 17 heavy (non-hydrogen) atoms. The fourth-order valence-corrected chi connectivity index (χ4v) is 0.860. The maximum Gasteiger partial charge on any atom is 0.0809 e. The minimum absolute atomic E-state index is 0.634. The number of ether oxygens (including phenoxy) is 2. The summed E-state index contributed by atoms with van der Waals surface area (Å²) in [5.41, 5.74) is 0. The van der Waals surface area contributed by atoms with Gasteiger partial charge in [-0.15, -0.1) is 13.2 Å². The van der Waals surface area contributed by atoms with E-state index in [2.05, 4.69) is 27.0 Å². The Kier molecular flexibility index (Phi) is 17.0. The zero-order valence-corrected chi connectivity index (χ0v) is 12.1. The largest absolute Gasteiger partial charge is 0.373 e. The Morgan fingerprint density at radius 1 is 1.00 bits per heavy atom. The molecule has 2 aliphatic rings. The first-order chi connectivity index (χ1) is 8.19. The minimum atomic E-state index is 0.634. The molecule has 0 aromatic heterocycles. The van der Waals surface area contributed by atoms with Crippen LogP contribution in [-0.4, -0.2) is 25.4 Å². The summed E-state index contributed by atoms with van der Waals surface area (Å²) in [5.74, 6) is 0. The Hall–Kier alpha value is -0.600. The average Bonchev–Trinajstić information content (AvgIpc) is 3.17. The predicted molar refractivity (Wildman–Crippen MR) is 76.4 cm³/mol. The van der Waals surface area contributed by atoms with Gasteiger partial charge in [-0.1, -0.05) is 32.4 Å². The third-order valence-electron chi connectivity index (χ3n) is 1.87. The quantitative estimate of drug-likeness (QED) is 0.542. The van der Waals surface area contributed by atoms with E-state index in [1.807, 2.05) is 13.8 Å². The molecule has 0 amide bonds. The first kappa shape index (κ1) is 18.8. The number of allylic oxidation sites excluding steroid dienone is 2. The Balaban J connectivity index is 0. The summed E-state index contributed by atoms with van der Waals surface area (Å²) in [6, 6.07) is 0. The van der Waals surface area contributed by atoms with E-state index in [0.29, 0.717) is 12.2 Å². The van der Waals surface area contributed by atoms with Gasteiger partial charge in [0.25, 0.3) is 0 Å². The molecule has 2 heterocycles. The van der Waals surface area contributed by atoms with Crippen LogP contribution in [0.4, 0.5) is 0 Å². The molecule has 0 aliphatic carbocycles. The summed E-state index contributed by atoms with van der Waals surface area (Å²) in [5, 5.41) is 0. The highest BCUT2D eigenvalue weighted by atomic mass is 16.6. The third kappa shape index (κ3) is 25.6. The summed E-state index contributed by atoms with van der Waals surface area (Å²) in [6.07, 6.45) is 8.51. The lowest BCUT2D eigenvalue weighted by atomic mass is 10.3. The molecule has 2 unspecified atom stereocenters. The van der Waals surface area contributed by atoms with Gasteiger partial charge in [-0.3, -0.25) is 0 Å². The van der Waals surface area contributed by atoms with Crippen LogP contribution in [0.1, 0.15) is 47.0 Å². The number of rotatable bonds is 3. The van der Waals surface area contributed by atoms with Crippen molar-refractivity contribution in [2.75, 3.05) is 13.2 Å². The molecule has 2 rings (SSSR count). The summed E-state index contributed by atoms with van der Waals surface area (Å²) in [6.45, 7) is 16.9. The van der Waals surface area contributed by atoms with Crippen molar-refractivity contribution in [2.24, 2.45) is 0 Å². The van der Waals surface area contributed by atoms with E-state index >= 15 is 0 Å². The lowest BCUT2D eigenvalue weighted by Gasteiger charge is -1.79. The van der Waals surface area contributed by atoms with Crippen molar-refractivity contribution >= 4 is 0 Å². The molecular weight excluding hydrogens is 212 g/mol. The molecule has 2 fully saturated rings. The summed E-state index contributed by atoms with van der Waals surface area (Å²) in [7, 11) is 0. The van der Waals surface area contributed by atoms with Crippen LogP contribution >= 0.6 is 0 Å². The molecule has 0 aromatic carbocycles. The van der Waals surface area contributed by atoms with Crippen LogP contribution in [-0.2, 0) is 9.47 Å². The van der Waals surface area contributed by atoms with Gasteiger partial charge in [0.05, 0.1) is 25.4 Å². The van der Waals surface area contributed by atoms with E-state index in [-0.39, 0.29) is 0 Å². The topological polar surface area (TPSA) is 25.1 Å². The third-order valence-corrected chi connectivity index (χ3v) is 1.87. The standard InChI is InChI=1S/C5H10O.C4H8O.2C3H6/c1-2-3-5-4-6-5;1-2-4-3-5-4;2*1-3-2/h5H,2-4H2,1H3;4H,2-3H2,1H3;2*3H,1H2,2H3. The van der Waals surface area contributed by atoms with E-state index in [4.69, 9.17) is 9.47 Å². The van der Waals surface area contributed by atoms with Gasteiger partial charge < -0.3 is 9.47 Å². The van der Waals surface area contributed by atoms with Crippen molar-refractivity contribution < 1.29 is 9.47 Å². The van der Waals surface area contributed by atoms with E-state index in [1.165, 1.54) is 19.3 Å². The van der Waals surface area contributed by atoms with Crippen LogP contribution in [0.15, 0.2) is 25.3 Å². The van der Waals surface area contributed by atoms with Gasteiger partial charge in [-0.05, 0) is 26.7 Å². The monoisotopic (exact) mass is 242 g/mol. The minimum Gasteiger partial charge on any atom is -0.373 e. The second kappa shape index (κ2) is 15.4. The van der Waals surface area contributed by atoms with Crippen molar-refractivity contribution in [3.05, 3.63) is 25.3 Å². The highest BCUT2D eigenvalue weighted by Gasteiger charge is 2.19. The molecule has 0 N–H and O–H groups in total. The molecule has 102 valence electrons. The Bertz CT molecular complexity index is 152. The van der Waals surface area contributed by atoms with E-state index in [9.17, 15) is 0 Å². The molecular formula is C15H30O2. The number of epoxide rings is 2. The van der Waals surface area contributed by atoms with Crippen LogP contribution in [0.5, 0.6) is 0 Å². The van der Waals surface area contributed by atoms with Gasteiger partial charge in [0.2, 0.25) is 0 Å². The molecule has 0 spiro atoms. The summed E-state index contributed by atoms with van der Waals surface area (Å²) in [4.78, 5) is 0. The molecule has 0 bridgehead atoms. The van der Waals surface area contributed by atoms with Crippen LogP contribution in [0.2, 0.25) is 0 Å². The van der Waals surface area contributed by atoms with Gasteiger partial charge >= 0.3 is 0 Å². The Morgan fingerprint density at radius 3 is 1.41 bits per heavy atom. The molecule has 0 saturated carbocycles. The summed E-state index contributed by atoms with van der Waals surface area (Å²) >= 11 is 0. The molecule has 2 nitrogen and oxygen atoms in total.